The van der Waals surface area contributed by atoms with Crippen LogP contribution in [-0.4, -0.2) is 242 Å². The van der Waals surface area contributed by atoms with Crippen molar-refractivity contribution in [1.29, 1.82) is 0 Å². The number of fused-ring (bicyclic) bond motifs is 16. The van der Waals surface area contributed by atoms with Gasteiger partial charge >= 0.3 is 5.97 Å². The summed E-state index contributed by atoms with van der Waals surface area (Å²) in [6.45, 7) is 9.37. The molecule has 102 heavy (non-hydrogen) atoms. The van der Waals surface area contributed by atoms with E-state index in [0.717, 1.165) is 32.7 Å². The molecule has 22 N–H and O–H groups in total. The summed E-state index contributed by atoms with van der Waals surface area (Å²) in [7, 11) is 1.84. The molecule has 3 unspecified atom stereocenters. The minimum Gasteiger partial charge on any atom is -0.508 e. The Morgan fingerprint density at radius 2 is 1.18 bits per heavy atom. The number of aliphatic carboxylic acids is 1. The molecule has 0 aromatic heterocycles. The Bertz CT molecular complexity index is 3270. The number of carboxylic acids is 1. The first-order valence-electron chi connectivity index (χ1n) is 35.1. The van der Waals surface area contributed by atoms with Crippen LogP contribution in [0.3, 0.4) is 0 Å². The van der Waals surface area contributed by atoms with Crippen molar-refractivity contribution in [3.8, 4) is 5.75 Å². The first-order chi connectivity index (χ1) is 48.9. The Morgan fingerprint density at radius 3 is 1.78 bits per heavy atom. The number of carboxylic acid groups (broad SMARTS) is 1. The molecular formula is C70H104N16O14S2. The minimum atomic E-state index is -1.78. The van der Waals surface area contributed by atoms with Gasteiger partial charge in [0.25, 0.3) is 0 Å². The van der Waals surface area contributed by atoms with Crippen LogP contribution in [0, 0.1) is 5.92 Å². The normalized spacial score (nSPS) is 25.4. The molecule has 0 saturated carbocycles. The summed E-state index contributed by atoms with van der Waals surface area (Å²) in [6, 6.07) is 11.4. The van der Waals surface area contributed by atoms with Gasteiger partial charge in [-0.3, -0.25) is 47.9 Å². The molecule has 1 aliphatic carbocycles. The van der Waals surface area contributed by atoms with Crippen molar-refractivity contribution in [2.75, 3.05) is 96.6 Å². The number of benzene rings is 3. The molecule has 2 bridgehead atoms. The zero-order valence-electron chi connectivity index (χ0n) is 58.1. The standard InChI is InChI=1S/C70H104N16O14S2/c1-43(87)51(68(99)100)34-58(90)56-35-101-102-36-57(84-63(94)53(31-45-11-4-3-5-12-45)79-59(91)16-10-17-60(92)86-70-40-76-28-25-73-37-69(72,38-74-26-29-77-41-70)39-75-27-30-78-42-70)66(97)81-54(32-46-18-22-49(89)23-19-46)64(95)82-55(33-48-21-20-47-13-6-7-14-50(47)48)65(96)80-52(15-8-9-24-71)62(93)85-61(44(2)88)67(98)83-56/h3-7,11-14,18-19,21-23,43-44,51-57,61,73-78,87-89H,8-10,15-17,20,24-42,71-72H2,1-2H3,(H,79,91)(H,80,96)(H,81,97)(H,82,95)(H,83,98)(H,84,94)(H,85,93)(H,86,92)(H,99,100)/t43?,44?,51-,52?,53+,54-,55+,56-,57-,61-,69?,70?/m0/s1. The maximum atomic E-state index is 15.3. The van der Waals surface area contributed by atoms with E-state index in [1.807, 2.05) is 30.3 Å². The maximum absolute atomic E-state index is 15.3. The van der Waals surface area contributed by atoms with Crippen molar-refractivity contribution in [3.05, 3.63) is 107 Å². The number of carbonyl (C=O) groups excluding carboxylic acids is 9. The number of unbranched alkanes of at least 4 members (excludes halogenated alkanes) is 1. The largest absolute Gasteiger partial charge is 0.508 e. The van der Waals surface area contributed by atoms with Crippen molar-refractivity contribution >= 4 is 86.2 Å². The Balaban J connectivity index is 1.19. The van der Waals surface area contributed by atoms with Gasteiger partial charge in [-0.2, -0.15) is 0 Å². The van der Waals surface area contributed by atoms with Gasteiger partial charge < -0.3 is 106 Å². The van der Waals surface area contributed by atoms with E-state index < -0.39 is 131 Å². The number of allylic oxidation sites excluding steroid dienone is 1. The second-order valence-corrected chi connectivity index (χ2v) is 29.4. The minimum absolute atomic E-state index is 0.0378. The number of hydrogen-bond donors (Lipinski definition) is 20. The van der Waals surface area contributed by atoms with E-state index in [2.05, 4.69) is 74.4 Å². The average Bonchev–Trinajstić information content (AvgIpc) is 1.59. The summed E-state index contributed by atoms with van der Waals surface area (Å²) in [5, 5.41) is 85.1. The number of aliphatic hydroxyl groups is 2. The van der Waals surface area contributed by atoms with Crippen LogP contribution in [0.25, 0.3) is 5.57 Å². The molecule has 0 radical (unpaired) electrons. The Kier molecular flexibility index (Phi) is 33.3. The molecule has 4 aliphatic heterocycles. The lowest BCUT2D eigenvalue weighted by molar-refractivity contribution is -0.148. The molecule has 8 amide bonds. The topological polar surface area (TPSA) is 472 Å². The van der Waals surface area contributed by atoms with Crippen molar-refractivity contribution < 1.29 is 68.4 Å². The number of ketones is 1. The molecule has 0 spiro atoms. The van der Waals surface area contributed by atoms with Crippen LogP contribution in [0.1, 0.15) is 87.5 Å². The maximum Gasteiger partial charge on any atom is 0.309 e. The SMILES string of the molecule is CC(O)[C@H](CC(=O)[C@@H]1CSSC[C@H](NC(=O)[C@@H](Cc2ccccc2)NC(=O)CCCC(=O)NC23CNCCNCC(N)(CNCCNC2)CNCCNC3)C(=O)N[C@@H](Cc2ccc(O)cc2)C(=O)N[C@H](CC2=CCc3ccccc32)C(=O)NC(CCCCN)C(=O)N[C@@H](C(C)O)C(=O)N1)C(=O)O. The van der Waals surface area contributed by atoms with Gasteiger partial charge in [-0.25, -0.2) is 0 Å². The van der Waals surface area contributed by atoms with Crippen molar-refractivity contribution in [2.24, 2.45) is 17.4 Å². The summed E-state index contributed by atoms with van der Waals surface area (Å²) in [5.41, 5.74) is 14.9. The van der Waals surface area contributed by atoms with E-state index in [1.165, 1.54) is 38.1 Å². The van der Waals surface area contributed by atoms with Gasteiger partial charge in [-0.15, -0.1) is 0 Å². The highest BCUT2D eigenvalue weighted by Gasteiger charge is 2.39. The molecule has 8 rings (SSSR count). The van der Waals surface area contributed by atoms with Gasteiger partial charge in [0.1, 0.15) is 42.0 Å². The fourth-order valence-corrected chi connectivity index (χ4v) is 14.8. The molecule has 4 heterocycles. The van der Waals surface area contributed by atoms with Gasteiger partial charge in [-0.1, -0.05) is 94.4 Å². The van der Waals surface area contributed by atoms with E-state index in [-0.39, 0.29) is 81.1 Å². The lowest BCUT2D eigenvalue weighted by Gasteiger charge is -2.37. The van der Waals surface area contributed by atoms with Gasteiger partial charge in [-0.05, 0) is 92.5 Å². The second-order valence-electron chi connectivity index (χ2n) is 26.8. The van der Waals surface area contributed by atoms with E-state index in [9.17, 15) is 49.2 Å². The number of aromatic hydroxyl groups is 1. The van der Waals surface area contributed by atoms with Crippen LogP contribution in [0.5, 0.6) is 5.75 Å². The first kappa shape index (κ1) is 81.7. The third-order valence-electron chi connectivity index (χ3n) is 18.3. The predicted molar refractivity (Wildman–Crippen MR) is 389 cm³/mol. The van der Waals surface area contributed by atoms with Crippen LogP contribution < -0.4 is 85.9 Å². The van der Waals surface area contributed by atoms with Crippen LogP contribution >= 0.6 is 21.6 Å². The van der Waals surface area contributed by atoms with E-state index in [1.54, 1.807) is 30.3 Å². The monoisotopic (exact) mass is 1460 g/mol. The molecule has 560 valence electrons. The fourth-order valence-electron chi connectivity index (χ4n) is 12.4. The molecule has 3 aromatic carbocycles. The van der Waals surface area contributed by atoms with Gasteiger partial charge in [0.05, 0.1) is 35.2 Å². The average molecular weight is 1460 g/mol. The summed E-state index contributed by atoms with van der Waals surface area (Å²) in [6.07, 6.45) is -1.45. The van der Waals surface area contributed by atoms with Crippen LogP contribution in [0.15, 0.2) is 84.9 Å². The quantitative estimate of drug-likeness (QED) is 0.0311. The number of phenolic OH excluding ortho intramolecular Hbond substituents is 1. The number of Topliss-reactive ketones (excluding diaryl/α,β-unsaturated/α-hetero) is 1. The summed E-state index contributed by atoms with van der Waals surface area (Å²) in [4.78, 5) is 144. The Labute approximate surface area is 603 Å². The number of aliphatic hydroxyl groups excluding tert-OH is 2. The highest BCUT2D eigenvalue weighted by atomic mass is 33.1. The lowest BCUT2D eigenvalue weighted by atomic mass is 9.94. The molecule has 4 saturated heterocycles. The van der Waals surface area contributed by atoms with Gasteiger partial charge in [0, 0.05) is 129 Å². The molecule has 4 fully saturated rings. The Morgan fingerprint density at radius 1 is 0.618 bits per heavy atom. The summed E-state index contributed by atoms with van der Waals surface area (Å²) in [5.74, 6) is -11.2. The predicted octanol–water partition coefficient (Wildman–Crippen LogP) is -3.17. The zero-order valence-corrected chi connectivity index (χ0v) is 59.7. The molecule has 5 aliphatic rings. The number of amides is 8. The highest BCUT2D eigenvalue weighted by molar-refractivity contribution is 8.76. The molecule has 10 atom stereocenters. The summed E-state index contributed by atoms with van der Waals surface area (Å²) < 4.78 is 0. The molecule has 32 heteroatoms. The second kappa shape index (κ2) is 41.6. The fraction of sp³-hybridized carbons (Fsp3) is 0.571. The number of carbonyl (C=O) groups is 10. The van der Waals surface area contributed by atoms with Crippen LogP contribution in [0.4, 0.5) is 0 Å². The molecular weight excluding hydrogens is 1350 g/mol. The number of phenols is 1. The lowest BCUT2D eigenvalue weighted by Crippen LogP contribution is -2.67. The van der Waals surface area contributed by atoms with Crippen molar-refractivity contribution in [2.45, 2.75) is 150 Å². The van der Waals surface area contributed by atoms with Crippen LogP contribution in [-0.2, 0) is 67.2 Å². The highest BCUT2D eigenvalue weighted by Crippen LogP contribution is 2.31. The number of rotatable bonds is 24. The zero-order chi connectivity index (χ0) is 73.6. The van der Waals surface area contributed by atoms with Gasteiger partial charge in [0.2, 0.25) is 47.3 Å². The smallest absolute Gasteiger partial charge is 0.309 e. The molecule has 30 nitrogen and oxygen atoms in total. The van der Waals surface area contributed by atoms with E-state index in [4.69, 9.17) is 11.5 Å². The Hall–Kier alpha value is -7.60. The van der Waals surface area contributed by atoms with Crippen molar-refractivity contribution in [1.82, 2.24) is 74.4 Å². The number of hydrogen-bond acceptors (Lipinski definition) is 23. The third kappa shape index (κ3) is 26.6. The van der Waals surface area contributed by atoms with E-state index >= 15 is 19.2 Å². The van der Waals surface area contributed by atoms with Crippen LogP contribution in [0.2, 0.25) is 0 Å². The van der Waals surface area contributed by atoms with Crippen molar-refractivity contribution in [3.63, 3.8) is 0 Å². The number of nitrogens with one attached hydrogen (secondary N) is 14. The third-order valence-corrected chi connectivity index (χ3v) is 20.7. The molecule has 3 aromatic rings. The summed E-state index contributed by atoms with van der Waals surface area (Å²) >= 11 is 0. The number of nitrogens with two attached hydrogens (primary N) is 2. The van der Waals surface area contributed by atoms with Gasteiger partial charge in [0.15, 0.2) is 5.78 Å². The van der Waals surface area contributed by atoms with E-state index in [0.29, 0.717) is 108 Å². The first-order valence-corrected chi connectivity index (χ1v) is 37.5.